The number of amides is 1. The lowest BCUT2D eigenvalue weighted by atomic mass is 9.46. The summed E-state index contributed by atoms with van der Waals surface area (Å²) in [4.78, 5) is 16.8. The van der Waals surface area contributed by atoms with Crippen LogP contribution in [0.3, 0.4) is 0 Å². The zero-order chi connectivity index (χ0) is 19.5. The molecule has 0 aromatic carbocycles. The summed E-state index contributed by atoms with van der Waals surface area (Å²) in [5.74, 6) is 3.16. The van der Waals surface area contributed by atoms with Gasteiger partial charge in [0, 0.05) is 25.4 Å². The molecular weight excluding hydrogens is 344 g/mol. The number of hydrogen-bond donors (Lipinski definition) is 1. The molecule has 0 radical (unpaired) electrons. The fraction of sp³-hybridized carbons (Fsp3) is 0.680. The summed E-state index contributed by atoms with van der Waals surface area (Å²) >= 11 is 0. The summed E-state index contributed by atoms with van der Waals surface area (Å²) in [6.07, 6.45) is 14.8. The summed E-state index contributed by atoms with van der Waals surface area (Å²) in [6.45, 7) is 8.07. The van der Waals surface area contributed by atoms with Gasteiger partial charge in [0.1, 0.15) is 0 Å². The molecule has 3 aliphatic carbocycles. The molecule has 1 saturated heterocycles. The predicted molar refractivity (Wildman–Crippen MR) is 112 cm³/mol. The van der Waals surface area contributed by atoms with Crippen LogP contribution in [0.2, 0.25) is 0 Å². The minimum absolute atomic E-state index is 0.207. The number of piperidine rings is 1. The van der Waals surface area contributed by atoms with E-state index < -0.39 is 0 Å². The molecule has 3 heteroatoms. The van der Waals surface area contributed by atoms with Crippen LogP contribution >= 0.6 is 0 Å². The number of pyridine rings is 1. The monoisotopic (exact) mass is 378 g/mol. The number of hydrogen-bond acceptors (Lipinski definition) is 2. The van der Waals surface area contributed by atoms with Crippen LogP contribution in [-0.2, 0) is 11.2 Å². The third kappa shape index (κ3) is 2.54. The number of carbonyl (C=O) groups is 1. The van der Waals surface area contributed by atoms with Crippen LogP contribution in [0.15, 0.2) is 24.5 Å². The predicted octanol–water partition coefficient (Wildman–Crippen LogP) is 5.02. The fourth-order valence-corrected chi connectivity index (χ4v) is 7.63. The molecule has 0 spiro atoms. The third-order valence-electron chi connectivity index (χ3n) is 9.25. The van der Waals surface area contributed by atoms with E-state index in [1.165, 1.54) is 43.2 Å². The number of rotatable bonds is 2. The Morgan fingerprint density at radius 3 is 2.86 bits per heavy atom. The number of carbonyl (C=O) groups excluding carboxylic acids is 1. The van der Waals surface area contributed by atoms with Gasteiger partial charge in [-0.3, -0.25) is 9.78 Å². The van der Waals surface area contributed by atoms with E-state index in [4.69, 9.17) is 0 Å². The highest BCUT2D eigenvalue weighted by Crippen LogP contribution is 2.66. The molecule has 5 rings (SSSR count). The average molecular weight is 379 g/mol. The Morgan fingerprint density at radius 2 is 2.04 bits per heavy atom. The van der Waals surface area contributed by atoms with Crippen LogP contribution in [0.25, 0.3) is 5.57 Å². The fourth-order valence-electron chi connectivity index (χ4n) is 7.63. The molecule has 3 nitrogen and oxygen atoms in total. The van der Waals surface area contributed by atoms with E-state index in [0.717, 1.165) is 31.2 Å². The van der Waals surface area contributed by atoms with Crippen LogP contribution in [0, 0.1) is 34.5 Å². The normalized spacial score (nSPS) is 42.1. The highest BCUT2D eigenvalue weighted by atomic mass is 16.1. The van der Waals surface area contributed by atoms with Crippen LogP contribution in [-0.4, -0.2) is 17.4 Å². The molecule has 1 N–H and O–H groups in total. The second-order valence-electron chi connectivity index (χ2n) is 10.4. The topological polar surface area (TPSA) is 42.0 Å². The largest absolute Gasteiger partial charge is 0.356 e. The van der Waals surface area contributed by atoms with E-state index in [0.29, 0.717) is 11.8 Å². The molecule has 0 bridgehead atoms. The maximum Gasteiger partial charge on any atom is 0.220 e. The second kappa shape index (κ2) is 6.43. The van der Waals surface area contributed by atoms with Crippen molar-refractivity contribution in [1.29, 1.82) is 0 Å². The van der Waals surface area contributed by atoms with E-state index in [9.17, 15) is 4.79 Å². The second-order valence-corrected chi connectivity index (χ2v) is 10.4. The van der Waals surface area contributed by atoms with Crippen LogP contribution in [0.5, 0.6) is 0 Å². The molecule has 1 aromatic rings. The smallest absolute Gasteiger partial charge is 0.220 e. The van der Waals surface area contributed by atoms with Gasteiger partial charge in [-0.15, -0.1) is 0 Å². The summed E-state index contributed by atoms with van der Waals surface area (Å²) in [6, 6.07) is 2.36. The third-order valence-corrected chi connectivity index (χ3v) is 9.25. The van der Waals surface area contributed by atoms with E-state index in [1.54, 1.807) is 5.57 Å². The van der Waals surface area contributed by atoms with Crippen LogP contribution in [0.4, 0.5) is 0 Å². The van der Waals surface area contributed by atoms with Gasteiger partial charge in [0.2, 0.25) is 5.91 Å². The molecule has 1 amide bonds. The molecule has 2 heterocycles. The van der Waals surface area contributed by atoms with Gasteiger partial charge in [-0.2, -0.15) is 0 Å². The Hall–Kier alpha value is -1.64. The van der Waals surface area contributed by atoms with Crippen LogP contribution < -0.4 is 5.32 Å². The standard InChI is InChI=1S/C25H34N2O/c1-4-16-11-17(14-26-13-16)20-7-8-21-19-6-5-18-15-27-23(28)12-25(18,3)22(19)9-10-24(20,21)2/h7,11,13-14,18-19,21-22H,4-6,8-10,12,15H2,1-3H3,(H,27,28)/t18-,19-,21-,22-,24+,25-/m0/s1. The zero-order valence-electron chi connectivity index (χ0n) is 17.6. The number of fused-ring (bicyclic) bond motifs is 5. The molecule has 28 heavy (non-hydrogen) atoms. The first-order valence-electron chi connectivity index (χ1n) is 11.4. The van der Waals surface area contributed by atoms with Gasteiger partial charge in [-0.1, -0.05) is 26.8 Å². The summed E-state index contributed by atoms with van der Waals surface area (Å²) < 4.78 is 0. The Morgan fingerprint density at radius 1 is 1.18 bits per heavy atom. The Kier molecular flexibility index (Phi) is 4.23. The van der Waals surface area contributed by atoms with Crippen molar-refractivity contribution >= 4 is 11.5 Å². The number of nitrogens with one attached hydrogen (secondary N) is 1. The lowest BCUT2D eigenvalue weighted by molar-refractivity contribution is -0.139. The van der Waals surface area contributed by atoms with Gasteiger partial charge in [0.25, 0.3) is 0 Å². The maximum absolute atomic E-state index is 12.3. The van der Waals surface area contributed by atoms with Gasteiger partial charge in [0.15, 0.2) is 0 Å². The van der Waals surface area contributed by atoms with E-state index in [1.807, 2.05) is 6.20 Å². The van der Waals surface area contributed by atoms with Crippen molar-refractivity contribution < 1.29 is 4.79 Å². The van der Waals surface area contributed by atoms with E-state index in [-0.39, 0.29) is 16.7 Å². The summed E-state index contributed by atoms with van der Waals surface area (Å²) in [7, 11) is 0. The molecule has 4 aliphatic rings. The Bertz CT molecular complexity index is 830. The molecular formula is C25H34N2O. The van der Waals surface area contributed by atoms with Crippen molar-refractivity contribution in [3.63, 3.8) is 0 Å². The number of aryl methyl sites for hydroxylation is 1. The first-order chi connectivity index (χ1) is 13.5. The maximum atomic E-state index is 12.3. The summed E-state index contributed by atoms with van der Waals surface area (Å²) in [5.41, 5.74) is 4.71. The lowest BCUT2D eigenvalue weighted by Gasteiger charge is -2.59. The van der Waals surface area contributed by atoms with E-state index in [2.05, 4.69) is 49.4 Å². The minimum Gasteiger partial charge on any atom is -0.356 e. The average Bonchev–Trinajstić information content (AvgIpc) is 3.04. The quantitative estimate of drug-likeness (QED) is 0.785. The first kappa shape index (κ1) is 18.4. The SMILES string of the molecule is CCc1cncc(C2=CC[C@H]3[C@@H]4CC[C@H]5CNC(=O)C[C@]5(C)[C@H]4CC[C@]23C)c1. The van der Waals surface area contributed by atoms with Gasteiger partial charge < -0.3 is 5.32 Å². The molecule has 2 saturated carbocycles. The molecule has 1 aromatic heterocycles. The van der Waals surface area contributed by atoms with Crippen molar-refractivity contribution in [2.75, 3.05) is 6.54 Å². The molecule has 6 atom stereocenters. The molecule has 1 aliphatic heterocycles. The molecule has 150 valence electrons. The molecule has 3 fully saturated rings. The van der Waals surface area contributed by atoms with Gasteiger partial charge in [0.05, 0.1) is 0 Å². The van der Waals surface area contributed by atoms with Crippen molar-refractivity contribution in [2.45, 2.75) is 65.7 Å². The van der Waals surface area contributed by atoms with Crippen molar-refractivity contribution in [3.8, 4) is 0 Å². The van der Waals surface area contributed by atoms with Gasteiger partial charge in [-0.25, -0.2) is 0 Å². The minimum atomic E-state index is 0.207. The molecule has 0 unspecified atom stereocenters. The van der Waals surface area contributed by atoms with Crippen molar-refractivity contribution in [2.24, 2.45) is 34.5 Å². The van der Waals surface area contributed by atoms with Crippen molar-refractivity contribution in [3.05, 3.63) is 35.7 Å². The highest BCUT2D eigenvalue weighted by molar-refractivity contribution is 5.78. The van der Waals surface area contributed by atoms with E-state index >= 15 is 0 Å². The van der Waals surface area contributed by atoms with Gasteiger partial charge in [-0.05, 0) is 95.8 Å². The number of allylic oxidation sites excluding steroid dienone is 2. The zero-order valence-corrected chi connectivity index (χ0v) is 17.6. The highest BCUT2D eigenvalue weighted by Gasteiger charge is 2.59. The lowest BCUT2D eigenvalue weighted by Crippen LogP contribution is -2.57. The number of nitrogens with zero attached hydrogens (tertiary/aromatic N) is 1. The van der Waals surface area contributed by atoms with Crippen LogP contribution in [0.1, 0.15) is 70.4 Å². The Balaban J connectivity index is 1.45. The Labute approximate surface area is 169 Å². The van der Waals surface area contributed by atoms with Gasteiger partial charge >= 0.3 is 0 Å². The summed E-state index contributed by atoms with van der Waals surface area (Å²) in [5, 5.41) is 3.14. The first-order valence-corrected chi connectivity index (χ1v) is 11.4. The van der Waals surface area contributed by atoms with Crippen molar-refractivity contribution in [1.82, 2.24) is 10.3 Å². The number of aromatic nitrogens is 1.